The highest BCUT2D eigenvalue weighted by Crippen LogP contribution is 2.20. The molecule has 1 aromatic heterocycles. The summed E-state index contributed by atoms with van der Waals surface area (Å²) in [5.41, 5.74) is 1.14. The highest BCUT2D eigenvalue weighted by atomic mass is 16.4. The van der Waals surface area contributed by atoms with E-state index in [0.717, 1.165) is 5.56 Å². The smallest absolute Gasteiger partial charge is 0.371 e. The molecule has 0 fully saturated rings. The first-order valence-electron chi connectivity index (χ1n) is 6.28. The van der Waals surface area contributed by atoms with Crippen LogP contribution in [0.3, 0.4) is 0 Å². The summed E-state index contributed by atoms with van der Waals surface area (Å²) in [7, 11) is 0. The Morgan fingerprint density at radius 2 is 1.85 bits per heavy atom. The van der Waals surface area contributed by atoms with Crippen molar-refractivity contribution in [2.75, 3.05) is 5.32 Å². The molecule has 4 nitrogen and oxygen atoms in total. The molecule has 0 aliphatic rings. The molecule has 0 aliphatic carbocycles. The average molecular weight is 267 g/mol. The van der Waals surface area contributed by atoms with Crippen molar-refractivity contribution in [3.63, 3.8) is 0 Å². The van der Waals surface area contributed by atoms with Gasteiger partial charge >= 0.3 is 5.97 Å². The molecule has 0 radical (unpaired) electrons. The van der Waals surface area contributed by atoms with Crippen LogP contribution in [0.15, 0.2) is 59.0 Å². The van der Waals surface area contributed by atoms with Crippen molar-refractivity contribution in [2.24, 2.45) is 0 Å². The van der Waals surface area contributed by atoms with Gasteiger partial charge in [0.25, 0.3) is 0 Å². The number of furan rings is 1. The summed E-state index contributed by atoms with van der Waals surface area (Å²) >= 11 is 0. The van der Waals surface area contributed by atoms with E-state index in [2.05, 4.69) is 23.5 Å². The minimum Gasteiger partial charge on any atom is -0.475 e. The van der Waals surface area contributed by atoms with E-state index in [1.54, 1.807) is 6.07 Å². The topological polar surface area (TPSA) is 62.5 Å². The number of nitrogens with one attached hydrogen (secondary N) is 1. The Bertz CT molecular complexity index is 756. The number of carboxylic acid groups (broad SMARTS) is 1. The van der Waals surface area contributed by atoms with Crippen LogP contribution in [-0.2, 0) is 6.54 Å². The third-order valence-electron chi connectivity index (χ3n) is 3.15. The molecular formula is C16H13NO3. The van der Waals surface area contributed by atoms with Gasteiger partial charge in [0.05, 0.1) is 0 Å². The van der Waals surface area contributed by atoms with Crippen LogP contribution in [0.25, 0.3) is 10.8 Å². The van der Waals surface area contributed by atoms with Crippen LogP contribution in [0, 0.1) is 0 Å². The van der Waals surface area contributed by atoms with Gasteiger partial charge in [-0.2, -0.15) is 0 Å². The molecule has 3 aromatic rings. The Morgan fingerprint density at radius 1 is 1.05 bits per heavy atom. The summed E-state index contributed by atoms with van der Waals surface area (Å²) in [6.45, 7) is 0.577. The van der Waals surface area contributed by atoms with Gasteiger partial charge in [0.1, 0.15) is 0 Å². The predicted octanol–water partition coefficient (Wildman–Crippen LogP) is 3.74. The lowest BCUT2D eigenvalue weighted by molar-refractivity contribution is 0.0663. The first kappa shape index (κ1) is 12.3. The van der Waals surface area contributed by atoms with Crippen LogP contribution < -0.4 is 5.32 Å². The zero-order chi connectivity index (χ0) is 13.9. The highest BCUT2D eigenvalue weighted by Gasteiger charge is 2.08. The molecule has 0 spiro atoms. The van der Waals surface area contributed by atoms with Gasteiger partial charge in [0, 0.05) is 12.6 Å². The number of anilines is 1. The second-order valence-electron chi connectivity index (χ2n) is 4.46. The molecule has 0 unspecified atom stereocenters. The molecule has 4 heteroatoms. The summed E-state index contributed by atoms with van der Waals surface area (Å²) in [4.78, 5) is 10.7. The molecule has 2 N–H and O–H groups in total. The monoisotopic (exact) mass is 267 g/mol. The second kappa shape index (κ2) is 5.09. The molecular weight excluding hydrogens is 254 g/mol. The second-order valence-corrected chi connectivity index (χ2v) is 4.46. The fourth-order valence-electron chi connectivity index (χ4n) is 2.18. The number of rotatable bonds is 4. The van der Waals surface area contributed by atoms with Crippen LogP contribution in [0.1, 0.15) is 16.1 Å². The van der Waals surface area contributed by atoms with Gasteiger partial charge in [-0.15, -0.1) is 0 Å². The van der Waals surface area contributed by atoms with Crippen molar-refractivity contribution >= 4 is 22.6 Å². The van der Waals surface area contributed by atoms with Crippen LogP contribution in [0.5, 0.6) is 0 Å². The zero-order valence-corrected chi connectivity index (χ0v) is 10.7. The first-order chi connectivity index (χ1) is 9.74. The Kier molecular flexibility index (Phi) is 3.13. The van der Waals surface area contributed by atoms with E-state index in [1.165, 1.54) is 16.8 Å². The SMILES string of the molecule is O=C(O)c1ccc(NCc2cccc3ccccc23)o1. The van der Waals surface area contributed by atoms with Crippen LogP contribution in [0.2, 0.25) is 0 Å². The van der Waals surface area contributed by atoms with E-state index >= 15 is 0 Å². The Balaban J connectivity index is 1.81. The molecule has 20 heavy (non-hydrogen) atoms. The lowest BCUT2D eigenvalue weighted by Crippen LogP contribution is -1.99. The molecule has 0 bridgehead atoms. The first-order valence-corrected chi connectivity index (χ1v) is 6.28. The third kappa shape index (κ3) is 2.36. The summed E-state index contributed by atoms with van der Waals surface area (Å²) in [6, 6.07) is 17.3. The lowest BCUT2D eigenvalue weighted by Gasteiger charge is -2.07. The van der Waals surface area contributed by atoms with Gasteiger partial charge in [0.2, 0.25) is 5.76 Å². The third-order valence-corrected chi connectivity index (χ3v) is 3.15. The zero-order valence-electron chi connectivity index (χ0n) is 10.7. The maximum atomic E-state index is 10.7. The van der Waals surface area contributed by atoms with Gasteiger partial charge in [-0.1, -0.05) is 42.5 Å². The van der Waals surface area contributed by atoms with E-state index in [0.29, 0.717) is 12.4 Å². The van der Waals surface area contributed by atoms with E-state index in [9.17, 15) is 4.79 Å². The minimum absolute atomic E-state index is 0.0644. The Morgan fingerprint density at radius 3 is 2.65 bits per heavy atom. The van der Waals surface area contributed by atoms with Gasteiger partial charge in [0.15, 0.2) is 5.88 Å². The Hall–Kier alpha value is -2.75. The van der Waals surface area contributed by atoms with E-state index in [4.69, 9.17) is 9.52 Å². The fraction of sp³-hybridized carbons (Fsp3) is 0.0625. The molecule has 0 saturated heterocycles. The quantitative estimate of drug-likeness (QED) is 0.755. The molecule has 100 valence electrons. The maximum Gasteiger partial charge on any atom is 0.371 e. The van der Waals surface area contributed by atoms with Crippen molar-refractivity contribution < 1.29 is 14.3 Å². The van der Waals surface area contributed by atoms with Crippen molar-refractivity contribution in [3.8, 4) is 0 Å². The number of fused-ring (bicyclic) bond motifs is 1. The van der Waals surface area contributed by atoms with Crippen LogP contribution >= 0.6 is 0 Å². The average Bonchev–Trinajstić information content (AvgIpc) is 2.94. The van der Waals surface area contributed by atoms with E-state index < -0.39 is 5.97 Å². The molecule has 0 atom stereocenters. The lowest BCUT2D eigenvalue weighted by atomic mass is 10.0. The highest BCUT2D eigenvalue weighted by molar-refractivity contribution is 5.86. The Labute approximate surface area is 115 Å². The standard InChI is InChI=1S/C16H13NO3/c18-16(19)14-8-9-15(20-14)17-10-12-6-3-5-11-4-1-2-7-13(11)12/h1-9,17H,10H2,(H,18,19). The molecule has 0 amide bonds. The number of benzene rings is 2. The number of aromatic carboxylic acids is 1. The van der Waals surface area contributed by atoms with Crippen molar-refractivity contribution in [1.82, 2.24) is 0 Å². The van der Waals surface area contributed by atoms with Gasteiger partial charge in [-0.25, -0.2) is 4.79 Å². The number of carbonyl (C=O) groups is 1. The minimum atomic E-state index is -1.07. The predicted molar refractivity (Wildman–Crippen MR) is 76.9 cm³/mol. The van der Waals surface area contributed by atoms with Gasteiger partial charge in [-0.3, -0.25) is 0 Å². The largest absolute Gasteiger partial charge is 0.475 e. The summed E-state index contributed by atoms with van der Waals surface area (Å²) in [5, 5.41) is 14.3. The van der Waals surface area contributed by atoms with Crippen LogP contribution in [-0.4, -0.2) is 11.1 Å². The molecule has 0 saturated carbocycles. The fourth-order valence-corrected chi connectivity index (χ4v) is 2.18. The van der Waals surface area contributed by atoms with E-state index in [1.807, 2.05) is 24.3 Å². The maximum absolute atomic E-state index is 10.7. The molecule has 3 rings (SSSR count). The van der Waals surface area contributed by atoms with E-state index in [-0.39, 0.29) is 5.76 Å². The van der Waals surface area contributed by atoms with Gasteiger partial charge < -0.3 is 14.8 Å². The molecule has 0 aliphatic heterocycles. The van der Waals surface area contributed by atoms with Crippen LogP contribution in [0.4, 0.5) is 5.88 Å². The number of carboxylic acids is 1. The summed E-state index contributed by atoms with van der Waals surface area (Å²) in [5.74, 6) is -0.677. The van der Waals surface area contributed by atoms with Crippen molar-refractivity contribution in [3.05, 3.63) is 65.9 Å². The molecule has 1 heterocycles. The number of hydrogen-bond acceptors (Lipinski definition) is 3. The number of hydrogen-bond donors (Lipinski definition) is 2. The normalized spacial score (nSPS) is 10.6. The van der Waals surface area contributed by atoms with Crippen molar-refractivity contribution in [2.45, 2.75) is 6.54 Å². The molecule has 2 aromatic carbocycles. The van der Waals surface area contributed by atoms with Gasteiger partial charge in [-0.05, 0) is 22.4 Å². The van der Waals surface area contributed by atoms with Crippen molar-refractivity contribution in [1.29, 1.82) is 0 Å². The summed E-state index contributed by atoms with van der Waals surface area (Å²) < 4.78 is 5.17. The summed E-state index contributed by atoms with van der Waals surface area (Å²) in [6.07, 6.45) is 0.